The van der Waals surface area contributed by atoms with Gasteiger partial charge in [0.15, 0.2) is 0 Å². The minimum atomic E-state index is -0.529. The van der Waals surface area contributed by atoms with E-state index in [-0.39, 0.29) is 5.97 Å². The Hall–Kier alpha value is -1.08. The first kappa shape index (κ1) is 15.9. The molecule has 0 radical (unpaired) electrons. The molecular weight excluding hydrogens is 216 g/mol. The molecule has 98 valence electrons. The molecular formula is C13H24N2O2. The molecule has 0 aromatic rings. The number of methoxy groups -OCH3 is 1. The van der Waals surface area contributed by atoms with Crippen molar-refractivity contribution in [3.05, 3.63) is 0 Å². The first-order valence-corrected chi connectivity index (χ1v) is 6.01. The largest absolute Gasteiger partial charge is 0.469 e. The molecule has 0 aromatic heterocycles. The van der Waals surface area contributed by atoms with E-state index >= 15 is 0 Å². The fraction of sp³-hybridized carbons (Fsp3) is 0.846. The number of nitriles is 1. The van der Waals surface area contributed by atoms with Gasteiger partial charge in [0.2, 0.25) is 0 Å². The van der Waals surface area contributed by atoms with Crippen LogP contribution in [0.25, 0.3) is 0 Å². The second kappa shape index (κ2) is 7.29. The Labute approximate surface area is 105 Å². The molecule has 0 unspecified atom stereocenters. The van der Waals surface area contributed by atoms with Crippen LogP contribution < -0.4 is 0 Å². The van der Waals surface area contributed by atoms with E-state index in [1.165, 1.54) is 7.11 Å². The van der Waals surface area contributed by atoms with Gasteiger partial charge in [-0.3, -0.25) is 4.79 Å². The molecule has 0 bridgehead atoms. The SMILES string of the molecule is COC(=O)C(C)(C)CN(CCC#N)CC(C)C. The van der Waals surface area contributed by atoms with Gasteiger partial charge in [-0.05, 0) is 19.8 Å². The molecule has 0 aliphatic rings. The number of carbonyl (C=O) groups excluding carboxylic acids is 1. The van der Waals surface area contributed by atoms with Crippen molar-refractivity contribution in [2.24, 2.45) is 11.3 Å². The van der Waals surface area contributed by atoms with Gasteiger partial charge in [0.1, 0.15) is 0 Å². The number of rotatable bonds is 7. The van der Waals surface area contributed by atoms with Crippen LogP contribution in [0.1, 0.15) is 34.1 Å². The monoisotopic (exact) mass is 240 g/mol. The van der Waals surface area contributed by atoms with Gasteiger partial charge in [0.05, 0.1) is 18.6 Å². The van der Waals surface area contributed by atoms with E-state index in [1.54, 1.807) is 0 Å². The topological polar surface area (TPSA) is 53.3 Å². The van der Waals surface area contributed by atoms with Gasteiger partial charge < -0.3 is 9.64 Å². The molecule has 17 heavy (non-hydrogen) atoms. The second-order valence-electron chi connectivity index (χ2n) is 5.41. The zero-order valence-corrected chi connectivity index (χ0v) is 11.6. The molecule has 0 fully saturated rings. The Morgan fingerprint density at radius 2 is 2.06 bits per heavy atom. The summed E-state index contributed by atoms with van der Waals surface area (Å²) in [4.78, 5) is 13.8. The molecule has 4 nitrogen and oxygen atoms in total. The number of carbonyl (C=O) groups is 1. The maximum atomic E-state index is 11.6. The predicted octanol–water partition coefficient (Wildman–Crippen LogP) is 2.06. The van der Waals surface area contributed by atoms with E-state index in [0.717, 1.165) is 6.54 Å². The Balaban J connectivity index is 4.50. The number of esters is 1. The van der Waals surface area contributed by atoms with E-state index in [0.29, 0.717) is 25.4 Å². The summed E-state index contributed by atoms with van der Waals surface area (Å²) in [6.45, 7) is 10.2. The highest BCUT2D eigenvalue weighted by Gasteiger charge is 2.31. The fourth-order valence-electron chi connectivity index (χ4n) is 1.86. The third-order valence-corrected chi connectivity index (χ3v) is 2.52. The van der Waals surface area contributed by atoms with Crippen molar-refractivity contribution in [3.63, 3.8) is 0 Å². The average Bonchev–Trinajstić information content (AvgIpc) is 2.23. The highest BCUT2D eigenvalue weighted by Crippen LogP contribution is 2.19. The van der Waals surface area contributed by atoms with Crippen LogP contribution in [0, 0.1) is 22.7 Å². The van der Waals surface area contributed by atoms with Crippen molar-refractivity contribution in [2.45, 2.75) is 34.1 Å². The number of hydrogen-bond acceptors (Lipinski definition) is 4. The lowest BCUT2D eigenvalue weighted by Gasteiger charge is -2.31. The molecule has 0 spiro atoms. The maximum absolute atomic E-state index is 11.6. The summed E-state index contributed by atoms with van der Waals surface area (Å²) in [5, 5.41) is 8.63. The lowest BCUT2D eigenvalue weighted by Crippen LogP contribution is -2.41. The third-order valence-electron chi connectivity index (χ3n) is 2.52. The molecule has 0 atom stereocenters. The molecule has 0 rings (SSSR count). The van der Waals surface area contributed by atoms with Crippen molar-refractivity contribution in [1.29, 1.82) is 5.26 Å². The van der Waals surface area contributed by atoms with Crippen LogP contribution in [-0.2, 0) is 9.53 Å². The second-order valence-corrected chi connectivity index (χ2v) is 5.41. The summed E-state index contributed by atoms with van der Waals surface area (Å²) in [6, 6.07) is 2.14. The van der Waals surface area contributed by atoms with Crippen molar-refractivity contribution >= 4 is 5.97 Å². The van der Waals surface area contributed by atoms with Crippen LogP contribution in [0.15, 0.2) is 0 Å². The van der Waals surface area contributed by atoms with Crippen molar-refractivity contribution in [1.82, 2.24) is 4.90 Å². The summed E-state index contributed by atoms with van der Waals surface area (Å²) in [7, 11) is 1.41. The lowest BCUT2D eigenvalue weighted by atomic mass is 9.92. The fourth-order valence-corrected chi connectivity index (χ4v) is 1.86. The highest BCUT2D eigenvalue weighted by molar-refractivity contribution is 5.76. The zero-order valence-electron chi connectivity index (χ0n) is 11.6. The van der Waals surface area contributed by atoms with Gasteiger partial charge in [-0.25, -0.2) is 0 Å². The van der Waals surface area contributed by atoms with Crippen LogP contribution in [-0.4, -0.2) is 37.6 Å². The number of hydrogen-bond donors (Lipinski definition) is 0. The van der Waals surface area contributed by atoms with E-state index in [9.17, 15) is 4.79 Å². The predicted molar refractivity (Wildman–Crippen MR) is 67.3 cm³/mol. The lowest BCUT2D eigenvalue weighted by molar-refractivity contribution is -0.151. The van der Waals surface area contributed by atoms with Gasteiger partial charge in [0.25, 0.3) is 0 Å². The number of nitrogens with zero attached hydrogens (tertiary/aromatic N) is 2. The highest BCUT2D eigenvalue weighted by atomic mass is 16.5. The molecule has 4 heteroatoms. The smallest absolute Gasteiger partial charge is 0.312 e. The summed E-state index contributed by atoms with van der Waals surface area (Å²) < 4.78 is 4.79. The van der Waals surface area contributed by atoms with Crippen molar-refractivity contribution in [2.75, 3.05) is 26.7 Å². The van der Waals surface area contributed by atoms with Crippen LogP contribution in [0.2, 0.25) is 0 Å². The normalized spacial score (nSPS) is 11.6. The Morgan fingerprint density at radius 1 is 1.47 bits per heavy atom. The Bertz CT molecular complexity index is 280. The van der Waals surface area contributed by atoms with E-state index in [2.05, 4.69) is 24.8 Å². The quantitative estimate of drug-likeness (QED) is 0.639. The zero-order chi connectivity index (χ0) is 13.5. The van der Waals surface area contributed by atoms with Crippen LogP contribution >= 0.6 is 0 Å². The Kier molecular flexibility index (Phi) is 6.82. The summed E-state index contributed by atoms with van der Waals surface area (Å²) in [6.07, 6.45) is 0.490. The van der Waals surface area contributed by atoms with Crippen LogP contribution in [0.5, 0.6) is 0 Å². The molecule has 0 amide bonds. The molecule has 0 heterocycles. The molecule has 0 aromatic carbocycles. The van der Waals surface area contributed by atoms with E-state index < -0.39 is 5.41 Å². The average molecular weight is 240 g/mol. The molecule has 0 aliphatic carbocycles. The maximum Gasteiger partial charge on any atom is 0.312 e. The van der Waals surface area contributed by atoms with Gasteiger partial charge in [0, 0.05) is 26.1 Å². The molecule has 0 saturated heterocycles. The van der Waals surface area contributed by atoms with Gasteiger partial charge in [-0.2, -0.15) is 5.26 Å². The van der Waals surface area contributed by atoms with E-state index in [4.69, 9.17) is 10.00 Å². The molecule has 0 aliphatic heterocycles. The van der Waals surface area contributed by atoms with E-state index in [1.807, 2.05) is 13.8 Å². The minimum Gasteiger partial charge on any atom is -0.469 e. The first-order chi connectivity index (χ1) is 7.83. The van der Waals surface area contributed by atoms with Crippen LogP contribution in [0.4, 0.5) is 0 Å². The minimum absolute atomic E-state index is 0.205. The van der Waals surface area contributed by atoms with Crippen molar-refractivity contribution < 1.29 is 9.53 Å². The Morgan fingerprint density at radius 3 is 2.47 bits per heavy atom. The van der Waals surface area contributed by atoms with Gasteiger partial charge in [-0.1, -0.05) is 13.8 Å². The summed E-state index contributed by atoms with van der Waals surface area (Å²) in [5.74, 6) is 0.311. The summed E-state index contributed by atoms with van der Waals surface area (Å²) in [5.41, 5.74) is -0.529. The standard InChI is InChI=1S/C13H24N2O2/c1-11(2)9-15(8-6-7-14)10-13(3,4)12(16)17-5/h11H,6,8-10H2,1-5H3. The summed E-state index contributed by atoms with van der Waals surface area (Å²) >= 11 is 0. The van der Waals surface area contributed by atoms with Gasteiger partial charge in [-0.15, -0.1) is 0 Å². The van der Waals surface area contributed by atoms with Crippen molar-refractivity contribution in [3.8, 4) is 6.07 Å². The molecule has 0 N–H and O–H groups in total. The van der Waals surface area contributed by atoms with Crippen LogP contribution in [0.3, 0.4) is 0 Å². The number of ether oxygens (including phenoxy) is 1. The first-order valence-electron chi connectivity index (χ1n) is 6.01. The third kappa shape index (κ3) is 6.28. The van der Waals surface area contributed by atoms with Gasteiger partial charge >= 0.3 is 5.97 Å². The molecule has 0 saturated carbocycles.